The number of rotatable bonds is 7. The number of benzene rings is 1. The van der Waals surface area contributed by atoms with Gasteiger partial charge in [0.2, 0.25) is 15.9 Å². The van der Waals surface area contributed by atoms with E-state index >= 15 is 0 Å². The van der Waals surface area contributed by atoms with Gasteiger partial charge in [0.1, 0.15) is 0 Å². The highest BCUT2D eigenvalue weighted by Gasteiger charge is 2.27. The number of carbonyl (C=O) groups is 1. The fourth-order valence-corrected chi connectivity index (χ4v) is 5.06. The van der Waals surface area contributed by atoms with E-state index in [9.17, 15) is 13.2 Å². The van der Waals surface area contributed by atoms with Crippen LogP contribution in [0.3, 0.4) is 0 Å². The van der Waals surface area contributed by atoms with Gasteiger partial charge in [0.15, 0.2) is 0 Å². The summed E-state index contributed by atoms with van der Waals surface area (Å²) in [4.78, 5) is 16.5. The van der Waals surface area contributed by atoms with Gasteiger partial charge in [-0.2, -0.15) is 0 Å². The van der Waals surface area contributed by atoms with Crippen molar-refractivity contribution in [3.63, 3.8) is 0 Å². The van der Waals surface area contributed by atoms with Crippen LogP contribution >= 0.6 is 0 Å². The number of hydrogen-bond donors (Lipinski definition) is 0. The maximum absolute atomic E-state index is 12.4. The lowest BCUT2D eigenvalue weighted by molar-refractivity contribution is -0.132. The van der Waals surface area contributed by atoms with Crippen molar-refractivity contribution in [1.82, 2.24) is 14.1 Å². The first-order chi connectivity index (χ1) is 13.0. The first-order valence-corrected chi connectivity index (χ1v) is 11.3. The fourth-order valence-electron chi connectivity index (χ4n) is 3.55. The Labute approximate surface area is 162 Å². The van der Waals surface area contributed by atoms with Crippen LogP contribution in [0.5, 0.6) is 0 Å². The van der Waals surface area contributed by atoms with Crippen molar-refractivity contribution in [3.8, 4) is 0 Å². The van der Waals surface area contributed by atoms with Gasteiger partial charge in [-0.3, -0.25) is 9.69 Å². The van der Waals surface area contributed by atoms with Crippen LogP contribution in [-0.4, -0.2) is 80.0 Å². The Morgan fingerprint density at radius 2 is 1.63 bits per heavy atom. The Kier molecular flexibility index (Phi) is 7.04. The number of hydrogen-bond acceptors (Lipinski definition) is 4. The molecular weight excluding hydrogens is 362 g/mol. The van der Waals surface area contributed by atoms with Crippen LogP contribution in [-0.2, 0) is 14.8 Å². The van der Waals surface area contributed by atoms with Crippen LogP contribution in [0.15, 0.2) is 36.4 Å². The molecule has 7 heteroatoms. The van der Waals surface area contributed by atoms with E-state index in [1.54, 1.807) is 4.90 Å². The molecule has 0 atom stereocenters. The van der Waals surface area contributed by atoms with Crippen molar-refractivity contribution < 1.29 is 13.2 Å². The maximum Gasteiger partial charge on any atom is 0.223 e. The topological polar surface area (TPSA) is 60.9 Å². The molecule has 2 fully saturated rings. The summed E-state index contributed by atoms with van der Waals surface area (Å²) < 4.78 is 26.0. The van der Waals surface area contributed by atoms with Crippen molar-refractivity contribution in [3.05, 3.63) is 42.0 Å². The van der Waals surface area contributed by atoms with E-state index < -0.39 is 10.0 Å². The van der Waals surface area contributed by atoms with Crippen molar-refractivity contribution in [1.29, 1.82) is 0 Å². The molecule has 0 N–H and O–H groups in total. The molecule has 0 spiro atoms. The summed E-state index contributed by atoms with van der Waals surface area (Å²) in [5.41, 5.74) is 1.19. The fraction of sp³-hybridized carbons (Fsp3) is 0.550. The van der Waals surface area contributed by atoms with Gasteiger partial charge in [-0.05, 0) is 18.4 Å². The van der Waals surface area contributed by atoms with Crippen LogP contribution in [0.1, 0.15) is 24.8 Å². The Morgan fingerprint density at radius 3 is 2.30 bits per heavy atom. The lowest BCUT2D eigenvalue weighted by atomic mass is 10.2. The van der Waals surface area contributed by atoms with Crippen LogP contribution in [0.4, 0.5) is 0 Å². The van der Waals surface area contributed by atoms with Crippen molar-refractivity contribution in [2.24, 2.45) is 0 Å². The summed E-state index contributed by atoms with van der Waals surface area (Å²) in [5.74, 6) is -0.108. The summed E-state index contributed by atoms with van der Waals surface area (Å²) in [6, 6.07) is 10.2. The van der Waals surface area contributed by atoms with E-state index in [1.165, 1.54) is 9.87 Å². The highest BCUT2D eigenvalue weighted by Crippen LogP contribution is 2.14. The standard InChI is InChI=1S/C20H29N3O3S/c24-20(10-18-27(25,26)23-12-4-5-13-23)22-16-14-21(15-17-22)11-6-9-19-7-2-1-3-8-19/h1-3,6-9H,4-5,10-18H2/b9-6+. The third-order valence-electron chi connectivity index (χ3n) is 5.23. The average molecular weight is 392 g/mol. The summed E-state index contributed by atoms with van der Waals surface area (Å²) in [7, 11) is -3.28. The van der Waals surface area contributed by atoms with E-state index in [1.807, 2.05) is 18.2 Å². The SMILES string of the molecule is O=C(CCS(=O)(=O)N1CCCC1)N1CCN(C/C=C/c2ccccc2)CC1. The monoisotopic (exact) mass is 391 g/mol. The molecule has 0 unspecified atom stereocenters. The third-order valence-corrected chi connectivity index (χ3v) is 7.10. The predicted octanol–water partition coefficient (Wildman–Crippen LogP) is 1.66. The molecular formula is C20H29N3O3S. The second-order valence-corrected chi connectivity index (χ2v) is 9.26. The number of amides is 1. The van der Waals surface area contributed by atoms with E-state index in [2.05, 4.69) is 29.2 Å². The minimum absolute atomic E-state index is 0.0442. The molecule has 0 bridgehead atoms. The molecule has 6 nitrogen and oxygen atoms in total. The van der Waals surface area contributed by atoms with Gasteiger partial charge in [-0.15, -0.1) is 0 Å². The minimum Gasteiger partial charge on any atom is -0.340 e. The zero-order chi connectivity index (χ0) is 19.1. The van der Waals surface area contributed by atoms with E-state index in [4.69, 9.17) is 0 Å². The number of nitrogens with zero attached hydrogens (tertiary/aromatic N) is 3. The third kappa shape index (κ3) is 5.89. The molecule has 2 aliphatic rings. The van der Waals surface area contributed by atoms with Gasteiger partial charge in [0.25, 0.3) is 0 Å². The van der Waals surface area contributed by atoms with Crippen molar-refractivity contribution in [2.75, 3.05) is 51.6 Å². The Balaban J connectivity index is 1.38. The first kappa shape index (κ1) is 20.0. The Hall–Kier alpha value is -1.70. The van der Waals surface area contributed by atoms with Crippen LogP contribution < -0.4 is 0 Å². The van der Waals surface area contributed by atoms with E-state index in [-0.39, 0.29) is 18.1 Å². The molecule has 0 saturated carbocycles. The molecule has 1 aromatic carbocycles. The summed E-state index contributed by atoms with van der Waals surface area (Å²) in [6.07, 6.45) is 6.20. The number of sulfonamides is 1. The number of piperazine rings is 1. The summed E-state index contributed by atoms with van der Waals surface area (Å²) >= 11 is 0. The van der Waals surface area contributed by atoms with Crippen LogP contribution in [0.2, 0.25) is 0 Å². The van der Waals surface area contributed by atoms with Gasteiger partial charge in [0.05, 0.1) is 5.75 Å². The van der Waals surface area contributed by atoms with Crippen molar-refractivity contribution in [2.45, 2.75) is 19.3 Å². The minimum atomic E-state index is -3.28. The van der Waals surface area contributed by atoms with Gasteiger partial charge in [-0.1, -0.05) is 42.5 Å². The smallest absolute Gasteiger partial charge is 0.223 e. The highest BCUT2D eigenvalue weighted by molar-refractivity contribution is 7.89. The lowest BCUT2D eigenvalue weighted by Crippen LogP contribution is -2.49. The second kappa shape index (κ2) is 9.48. The molecule has 0 aliphatic carbocycles. The summed E-state index contributed by atoms with van der Waals surface area (Å²) in [5, 5.41) is 0. The van der Waals surface area contributed by atoms with Gasteiger partial charge < -0.3 is 4.90 Å². The predicted molar refractivity (Wildman–Crippen MR) is 108 cm³/mol. The normalized spacial score (nSPS) is 19.8. The maximum atomic E-state index is 12.4. The first-order valence-electron chi connectivity index (χ1n) is 9.74. The molecule has 1 amide bonds. The molecule has 27 heavy (non-hydrogen) atoms. The van der Waals surface area contributed by atoms with E-state index in [0.29, 0.717) is 26.2 Å². The van der Waals surface area contributed by atoms with Crippen LogP contribution in [0.25, 0.3) is 6.08 Å². The summed E-state index contributed by atoms with van der Waals surface area (Å²) in [6.45, 7) is 5.05. The zero-order valence-corrected chi connectivity index (χ0v) is 16.6. The second-order valence-electron chi connectivity index (χ2n) is 7.17. The molecule has 148 valence electrons. The molecule has 3 rings (SSSR count). The van der Waals surface area contributed by atoms with Gasteiger partial charge >= 0.3 is 0 Å². The molecule has 1 aromatic rings. The Morgan fingerprint density at radius 1 is 0.963 bits per heavy atom. The molecule has 0 aromatic heterocycles. The van der Waals surface area contributed by atoms with Gasteiger partial charge in [0, 0.05) is 52.2 Å². The highest BCUT2D eigenvalue weighted by atomic mass is 32.2. The largest absolute Gasteiger partial charge is 0.340 e. The Bertz CT molecular complexity index is 735. The molecule has 0 radical (unpaired) electrons. The lowest BCUT2D eigenvalue weighted by Gasteiger charge is -2.34. The molecule has 2 aliphatic heterocycles. The molecule has 2 saturated heterocycles. The van der Waals surface area contributed by atoms with Crippen molar-refractivity contribution >= 4 is 22.0 Å². The zero-order valence-electron chi connectivity index (χ0n) is 15.8. The molecule has 2 heterocycles. The van der Waals surface area contributed by atoms with Gasteiger partial charge in [-0.25, -0.2) is 12.7 Å². The number of carbonyl (C=O) groups excluding carboxylic acids is 1. The quantitative estimate of drug-likeness (QED) is 0.709. The van der Waals surface area contributed by atoms with E-state index in [0.717, 1.165) is 32.5 Å². The average Bonchev–Trinajstić information content (AvgIpc) is 3.23. The van der Waals surface area contributed by atoms with Crippen LogP contribution in [0, 0.1) is 0 Å².